The largest absolute Gasteiger partial charge is 0.491 e. The number of carbonyl (C=O) groups is 1. The van der Waals surface area contributed by atoms with Gasteiger partial charge in [-0.2, -0.15) is 0 Å². The molecule has 1 aromatic heterocycles. The summed E-state index contributed by atoms with van der Waals surface area (Å²) in [6.07, 6.45) is 3.67. The molecular weight excluding hydrogens is 302 g/mol. The van der Waals surface area contributed by atoms with Crippen LogP contribution < -0.4 is 4.74 Å². The molecule has 0 atom stereocenters. The lowest BCUT2D eigenvalue weighted by Crippen LogP contribution is -2.34. The van der Waals surface area contributed by atoms with E-state index < -0.39 is 5.97 Å². The van der Waals surface area contributed by atoms with Crippen LogP contribution in [0.15, 0.2) is 16.9 Å². The van der Waals surface area contributed by atoms with Gasteiger partial charge in [-0.25, -0.2) is 9.78 Å². The highest BCUT2D eigenvalue weighted by molar-refractivity contribution is 9.10. The number of aromatic carboxylic acids is 1. The molecule has 0 bridgehead atoms. The Kier molecular flexibility index (Phi) is 4.19. The number of ether oxygens (including phenoxy) is 2. The zero-order chi connectivity index (χ0) is 13.1. The number of hydrogen-bond acceptors (Lipinski definition) is 4. The molecule has 5 nitrogen and oxygen atoms in total. The number of aromatic nitrogens is 1. The summed E-state index contributed by atoms with van der Waals surface area (Å²) in [5.41, 5.74) is 0.125. The molecule has 1 saturated carbocycles. The maximum absolute atomic E-state index is 11.1. The molecule has 18 heavy (non-hydrogen) atoms. The van der Waals surface area contributed by atoms with E-state index in [1.165, 1.54) is 12.3 Å². The van der Waals surface area contributed by atoms with Crippen LogP contribution in [0.25, 0.3) is 0 Å². The number of halogens is 1. The van der Waals surface area contributed by atoms with Gasteiger partial charge in [0.1, 0.15) is 10.2 Å². The second-order valence-corrected chi connectivity index (χ2v) is 5.13. The number of rotatable bonds is 5. The first-order valence-electron chi connectivity index (χ1n) is 5.64. The second kappa shape index (κ2) is 5.67. The number of carboxylic acids is 1. The standard InChI is InChI=1S/C12H14BrNO4/c1-17-8-2-7(3-8)6-18-10-5-14-11(13)4-9(10)12(15)16/h4-5,7-8H,2-3,6H2,1H3,(H,15,16). The van der Waals surface area contributed by atoms with E-state index in [0.29, 0.717) is 29.0 Å². The van der Waals surface area contributed by atoms with Crippen LogP contribution in [0.1, 0.15) is 23.2 Å². The summed E-state index contributed by atoms with van der Waals surface area (Å²) in [5, 5.41) is 9.06. The Labute approximate surface area is 113 Å². The fraction of sp³-hybridized carbons (Fsp3) is 0.500. The lowest BCUT2D eigenvalue weighted by atomic mass is 9.83. The summed E-state index contributed by atoms with van der Waals surface area (Å²) < 4.78 is 11.2. The van der Waals surface area contributed by atoms with Crippen molar-refractivity contribution in [2.24, 2.45) is 5.92 Å². The molecule has 6 heteroatoms. The average Bonchev–Trinajstić information content (AvgIpc) is 2.28. The normalized spacial score (nSPS) is 22.3. The summed E-state index contributed by atoms with van der Waals surface area (Å²) in [5.74, 6) is -0.275. The van der Waals surface area contributed by atoms with Crippen LogP contribution in [-0.2, 0) is 4.74 Å². The molecule has 0 amide bonds. The van der Waals surface area contributed by atoms with Gasteiger partial charge in [0.05, 0.1) is 18.9 Å². The van der Waals surface area contributed by atoms with Gasteiger partial charge in [0.2, 0.25) is 0 Å². The quantitative estimate of drug-likeness (QED) is 0.845. The summed E-state index contributed by atoms with van der Waals surface area (Å²) in [6.45, 7) is 0.503. The third-order valence-corrected chi connectivity index (χ3v) is 3.50. The third kappa shape index (κ3) is 3.00. The van der Waals surface area contributed by atoms with Gasteiger partial charge < -0.3 is 14.6 Å². The lowest BCUT2D eigenvalue weighted by molar-refractivity contribution is -0.0143. The van der Waals surface area contributed by atoms with Crippen molar-refractivity contribution in [1.29, 1.82) is 0 Å². The predicted octanol–water partition coefficient (Wildman–Crippen LogP) is 2.35. The Bertz CT molecular complexity index is 446. The van der Waals surface area contributed by atoms with E-state index in [1.807, 2.05) is 0 Å². The van der Waals surface area contributed by atoms with Crippen molar-refractivity contribution in [3.8, 4) is 5.75 Å². The van der Waals surface area contributed by atoms with Crippen molar-refractivity contribution >= 4 is 21.9 Å². The number of hydrogen-bond donors (Lipinski definition) is 1. The van der Waals surface area contributed by atoms with Gasteiger partial charge in [-0.15, -0.1) is 0 Å². The van der Waals surface area contributed by atoms with Crippen LogP contribution in [0.4, 0.5) is 0 Å². The fourth-order valence-corrected chi connectivity index (χ4v) is 2.24. The Morgan fingerprint density at radius 2 is 2.33 bits per heavy atom. The zero-order valence-electron chi connectivity index (χ0n) is 9.93. The van der Waals surface area contributed by atoms with Gasteiger partial charge in [0.25, 0.3) is 0 Å². The van der Waals surface area contributed by atoms with E-state index >= 15 is 0 Å². The van der Waals surface area contributed by atoms with Crippen molar-refractivity contribution in [1.82, 2.24) is 4.98 Å². The Morgan fingerprint density at radius 3 is 2.94 bits per heavy atom. The van der Waals surface area contributed by atoms with Crippen LogP contribution in [0.2, 0.25) is 0 Å². The van der Waals surface area contributed by atoms with Crippen LogP contribution in [-0.4, -0.2) is 35.9 Å². The van der Waals surface area contributed by atoms with Crippen LogP contribution >= 0.6 is 15.9 Å². The Morgan fingerprint density at radius 1 is 1.61 bits per heavy atom. The molecule has 1 heterocycles. The van der Waals surface area contributed by atoms with Gasteiger partial charge in [-0.05, 0) is 40.8 Å². The summed E-state index contributed by atoms with van der Waals surface area (Å²) in [4.78, 5) is 15.0. The molecule has 98 valence electrons. The number of carboxylic acid groups (broad SMARTS) is 1. The highest BCUT2D eigenvalue weighted by Crippen LogP contribution is 2.31. The summed E-state index contributed by atoms with van der Waals surface area (Å²) in [6, 6.07) is 1.44. The molecule has 0 unspecified atom stereocenters. The van der Waals surface area contributed by atoms with E-state index in [4.69, 9.17) is 14.6 Å². The van der Waals surface area contributed by atoms with Crippen LogP contribution in [0.5, 0.6) is 5.75 Å². The van der Waals surface area contributed by atoms with E-state index in [-0.39, 0.29) is 5.56 Å². The topological polar surface area (TPSA) is 68.7 Å². The van der Waals surface area contributed by atoms with Crippen molar-refractivity contribution < 1.29 is 19.4 Å². The smallest absolute Gasteiger partial charge is 0.339 e. The predicted molar refractivity (Wildman–Crippen MR) is 67.9 cm³/mol. The Balaban J connectivity index is 1.95. The van der Waals surface area contributed by atoms with Gasteiger partial charge in [0.15, 0.2) is 5.75 Å². The van der Waals surface area contributed by atoms with Gasteiger partial charge >= 0.3 is 5.97 Å². The molecule has 1 aromatic rings. The summed E-state index contributed by atoms with van der Waals surface area (Å²) >= 11 is 3.14. The maximum Gasteiger partial charge on any atom is 0.339 e. The van der Waals surface area contributed by atoms with E-state index in [0.717, 1.165) is 12.8 Å². The number of nitrogens with zero attached hydrogens (tertiary/aromatic N) is 1. The van der Waals surface area contributed by atoms with Crippen molar-refractivity contribution in [3.05, 3.63) is 22.4 Å². The molecule has 1 aliphatic rings. The van der Waals surface area contributed by atoms with E-state index in [9.17, 15) is 4.79 Å². The molecule has 1 fully saturated rings. The summed E-state index contributed by atoms with van der Waals surface area (Å²) in [7, 11) is 1.70. The number of methoxy groups -OCH3 is 1. The first kappa shape index (κ1) is 13.3. The zero-order valence-corrected chi connectivity index (χ0v) is 11.5. The maximum atomic E-state index is 11.1. The minimum absolute atomic E-state index is 0.125. The molecular formula is C12H14BrNO4. The SMILES string of the molecule is COC1CC(COc2cnc(Br)cc2C(=O)O)C1. The van der Waals surface area contributed by atoms with Crippen molar-refractivity contribution in [3.63, 3.8) is 0 Å². The number of pyridine rings is 1. The molecule has 1 aliphatic carbocycles. The van der Waals surface area contributed by atoms with E-state index in [2.05, 4.69) is 20.9 Å². The van der Waals surface area contributed by atoms with Crippen molar-refractivity contribution in [2.45, 2.75) is 18.9 Å². The van der Waals surface area contributed by atoms with Gasteiger partial charge in [0, 0.05) is 7.11 Å². The minimum atomic E-state index is -1.02. The molecule has 2 rings (SSSR count). The Hall–Kier alpha value is -1.14. The molecule has 1 N–H and O–H groups in total. The first-order chi connectivity index (χ1) is 8.60. The minimum Gasteiger partial charge on any atom is -0.491 e. The molecule has 0 radical (unpaired) electrons. The lowest BCUT2D eigenvalue weighted by Gasteiger charge is -2.33. The fourth-order valence-electron chi connectivity index (χ4n) is 1.91. The molecule has 0 saturated heterocycles. The highest BCUT2D eigenvalue weighted by atomic mass is 79.9. The second-order valence-electron chi connectivity index (χ2n) is 4.31. The van der Waals surface area contributed by atoms with Crippen LogP contribution in [0.3, 0.4) is 0 Å². The van der Waals surface area contributed by atoms with E-state index in [1.54, 1.807) is 7.11 Å². The van der Waals surface area contributed by atoms with Gasteiger partial charge in [-0.3, -0.25) is 0 Å². The third-order valence-electron chi connectivity index (χ3n) is 3.06. The molecule has 0 aliphatic heterocycles. The first-order valence-corrected chi connectivity index (χ1v) is 6.44. The average molecular weight is 316 g/mol. The van der Waals surface area contributed by atoms with Gasteiger partial charge in [-0.1, -0.05) is 0 Å². The highest BCUT2D eigenvalue weighted by Gasteiger charge is 2.29. The molecule has 0 aromatic carbocycles. The van der Waals surface area contributed by atoms with Crippen molar-refractivity contribution in [2.75, 3.05) is 13.7 Å². The monoisotopic (exact) mass is 315 g/mol. The van der Waals surface area contributed by atoms with Crippen LogP contribution in [0, 0.1) is 5.92 Å². The molecule has 0 spiro atoms.